The summed E-state index contributed by atoms with van der Waals surface area (Å²) in [6.07, 6.45) is 3.68. The van der Waals surface area contributed by atoms with Crippen LogP contribution in [0.25, 0.3) is 0 Å². The minimum Gasteiger partial charge on any atom is -0.496 e. The van der Waals surface area contributed by atoms with E-state index in [1.165, 1.54) is 24.3 Å². The molecule has 0 saturated carbocycles. The first kappa shape index (κ1) is 17.0. The monoisotopic (exact) mass is 339 g/mol. The zero-order valence-corrected chi connectivity index (χ0v) is 14.2. The standard InChI is InChI=1S/C20H21NO4/c1-25-18-12-15(20(23)24)9-8-14(18)10-11-21-19(22)17-7-3-5-13-4-2-6-16(13)17/h3,5,7-9,12H,2,4,6,10-11H2,1H3,(H,21,22)(H,23,24). The number of fused-ring (bicyclic) bond motifs is 1. The normalized spacial score (nSPS) is 12.5. The van der Waals surface area contributed by atoms with Crippen LogP contribution in [-0.4, -0.2) is 30.6 Å². The second kappa shape index (κ2) is 7.38. The fourth-order valence-electron chi connectivity index (χ4n) is 3.32. The highest BCUT2D eigenvalue weighted by Crippen LogP contribution is 2.25. The molecule has 1 aliphatic rings. The first-order valence-electron chi connectivity index (χ1n) is 8.39. The third-order valence-electron chi connectivity index (χ3n) is 4.60. The highest BCUT2D eigenvalue weighted by Gasteiger charge is 2.18. The Morgan fingerprint density at radius 3 is 2.80 bits per heavy atom. The molecule has 130 valence electrons. The number of rotatable bonds is 6. The maximum Gasteiger partial charge on any atom is 0.335 e. The van der Waals surface area contributed by atoms with Gasteiger partial charge in [0.2, 0.25) is 0 Å². The van der Waals surface area contributed by atoms with Gasteiger partial charge in [-0.05, 0) is 60.6 Å². The van der Waals surface area contributed by atoms with Crippen molar-refractivity contribution in [2.75, 3.05) is 13.7 Å². The lowest BCUT2D eigenvalue weighted by molar-refractivity contribution is 0.0696. The first-order valence-corrected chi connectivity index (χ1v) is 8.39. The van der Waals surface area contributed by atoms with E-state index in [1.54, 1.807) is 12.1 Å². The third-order valence-corrected chi connectivity index (χ3v) is 4.60. The van der Waals surface area contributed by atoms with E-state index in [4.69, 9.17) is 9.84 Å². The molecule has 2 N–H and O–H groups in total. The van der Waals surface area contributed by atoms with Gasteiger partial charge in [-0.1, -0.05) is 18.2 Å². The molecule has 0 atom stereocenters. The number of carboxylic acids is 1. The van der Waals surface area contributed by atoms with Crippen molar-refractivity contribution in [2.45, 2.75) is 25.7 Å². The lowest BCUT2D eigenvalue weighted by atomic mass is 10.0. The number of benzene rings is 2. The summed E-state index contributed by atoms with van der Waals surface area (Å²) in [5.74, 6) is -0.522. The number of ether oxygens (including phenoxy) is 1. The summed E-state index contributed by atoms with van der Waals surface area (Å²) < 4.78 is 5.26. The fraction of sp³-hybridized carbons (Fsp3) is 0.300. The van der Waals surface area contributed by atoms with Crippen LogP contribution < -0.4 is 10.1 Å². The van der Waals surface area contributed by atoms with Gasteiger partial charge in [0.1, 0.15) is 5.75 Å². The van der Waals surface area contributed by atoms with Crippen molar-refractivity contribution >= 4 is 11.9 Å². The molecule has 25 heavy (non-hydrogen) atoms. The van der Waals surface area contributed by atoms with Crippen molar-refractivity contribution in [1.82, 2.24) is 5.32 Å². The predicted octanol–water partition coefficient (Wildman–Crippen LogP) is 2.85. The van der Waals surface area contributed by atoms with Gasteiger partial charge in [0.05, 0.1) is 12.7 Å². The largest absolute Gasteiger partial charge is 0.496 e. The predicted molar refractivity (Wildman–Crippen MR) is 94.5 cm³/mol. The van der Waals surface area contributed by atoms with Gasteiger partial charge in [-0.2, -0.15) is 0 Å². The van der Waals surface area contributed by atoms with Crippen LogP contribution in [0.1, 0.15) is 43.8 Å². The number of aromatic carboxylic acids is 1. The van der Waals surface area contributed by atoms with Crippen molar-refractivity contribution in [3.8, 4) is 5.75 Å². The molecule has 0 fully saturated rings. The lowest BCUT2D eigenvalue weighted by Gasteiger charge is -2.12. The van der Waals surface area contributed by atoms with Crippen LogP contribution in [0.3, 0.4) is 0 Å². The molecule has 0 unspecified atom stereocenters. The number of carbonyl (C=O) groups is 2. The van der Waals surface area contributed by atoms with Gasteiger partial charge in [0, 0.05) is 12.1 Å². The number of hydrogen-bond donors (Lipinski definition) is 2. The molecule has 1 aliphatic carbocycles. The van der Waals surface area contributed by atoms with Crippen molar-refractivity contribution in [2.24, 2.45) is 0 Å². The molecule has 0 bridgehead atoms. The van der Waals surface area contributed by atoms with Crippen LogP contribution in [0.5, 0.6) is 5.75 Å². The van der Waals surface area contributed by atoms with Crippen LogP contribution in [0, 0.1) is 0 Å². The van der Waals surface area contributed by atoms with Gasteiger partial charge < -0.3 is 15.2 Å². The Bertz CT molecular complexity index is 813. The van der Waals surface area contributed by atoms with E-state index in [-0.39, 0.29) is 11.5 Å². The fourth-order valence-corrected chi connectivity index (χ4v) is 3.32. The van der Waals surface area contributed by atoms with Gasteiger partial charge in [-0.15, -0.1) is 0 Å². The van der Waals surface area contributed by atoms with Gasteiger partial charge in [-0.25, -0.2) is 4.79 Å². The minimum atomic E-state index is -0.990. The van der Waals surface area contributed by atoms with Crippen LogP contribution in [-0.2, 0) is 19.3 Å². The molecule has 0 heterocycles. The average Bonchev–Trinajstić information content (AvgIpc) is 3.10. The Morgan fingerprint density at radius 1 is 1.20 bits per heavy atom. The van der Waals surface area contributed by atoms with Crippen molar-refractivity contribution < 1.29 is 19.4 Å². The zero-order chi connectivity index (χ0) is 17.8. The maximum atomic E-state index is 12.5. The summed E-state index contributed by atoms with van der Waals surface area (Å²) in [5.41, 5.74) is 4.26. The molecule has 2 aromatic rings. The Hall–Kier alpha value is -2.82. The SMILES string of the molecule is COc1cc(C(=O)O)ccc1CCNC(=O)c1cccc2c1CCC2. The summed E-state index contributed by atoms with van der Waals surface area (Å²) in [4.78, 5) is 23.5. The maximum absolute atomic E-state index is 12.5. The van der Waals surface area contributed by atoms with Crippen LogP contribution in [0.2, 0.25) is 0 Å². The molecule has 1 amide bonds. The van der Waals surface area contributed by atoms with E-state index < -0.39 is 5.97 Å². The topological polar surface area (TPSA) is 75.6 Å². The first-order chi connectivity index (χ1) is 12.1. The summed E-state index contributed by atoms with van der Waals surface area (Å²) in [6.45, 7) is 0.464. The Labute approximate surface area is 146 Å². The Morgan fingerprint density at radius 2 is 2.04 bits per heavy atom. The van der Waals surface area contributed by atoms with Crippen molar-refractivity contribution in [3.63, 3.8) is 0 Å². The molecule has 0 aromatic heterocycles. The van der Waals surface area contributed by atoms with E-state index in [0.29, 0.717) is 18.7 Å². The highest BCUT2D eigenvalue weighted by molar-refractivity contribution is 5.96. The summed E-state index contributed by atoms with van der Waals surface area (Å²) >= 11 is 0. The minimum absolute atomic E-state index is 0.0557. The molecule has 5 nitrogen and oxygen atoms in total. The molecule has 0 spiro atoms. The van der Waals surface area contributed by atoms with Gasteiger partial charge >= 0.3 is 5.97 Å². The number of nitrogens with one attached hydrogen (secondary N) is 1. The van der Waals surface area contributed by atoms with Crippen molar-refractivity contribution in [1.29, 1.82) is 0 Å². The molecule has 0 radical (unpaired) electrons. The molecule has 5 heteroatoms. The molecule has 3 rings (SSSR count). The molecule has 2 aromatic carbocycles. The van der Waals surface area contributed by atoms with Crippen LogP contribution in [0.15, 0.2) is 36.4 Å². The molecular weight excluding hydrogens is 318 g/mol. The second-order valence-corrected chi connectivity index (χ2v) is 6.13. The number of methoxy groups -OCH3 is 1. The Kier molecular flexibility index (Phi) is 5.03. The second-order valence-electron chi connectivity index (χ2n) is 6.13. The van der Waals surface area contributed by atoms with Gasteiger partial charge in [0.15, 0.2) is 0 Å². The summed E-state index contributed by atoms with van der Waals surface area (Å²) in [7, 11) is 1.51. The lowest BCUT2D eigenvalue weighted by Crippen LogP contribution is -2.26. The van der Waals surface area contributed by atoms with E-state index in [1.807, 2.05) is 12.1 Å². The summed E-state index contributed by atoms with van der Waals surface area (Å²) in [6, 6.07) is 10.7. The molecular formula is C20H21NO4. The number of amides is 1. The van der Waals surface area contributed by atoms with E-state index >= 15 is 0 Å². The third kappa shape index (κ3) is 3.65. The molecule has 0 aliphatic heterocycles. The number of aryl methyl sites for hydroxylation is 1. The van der Waals surface area contributed by atoms with Gasteiger partial charge in [-0.3, -0.25) is 4.79 Å². The van der Waals surface area contributed by atoms with E-state index in [0.717, 1.165) is 30.4 Å². The summed E-state index contributed by atoms with van der Waals surface area (Å²) in [5, 5.41) is 12.0. The van der Waals surface area contributed by atoms with E-state index in [2.05, 4.69) is 11.4 Å². The highest BCUT2D eigenvalue weighted by atomic mass is 16.5. The zero-order valence-electron chi connectivity index (χ0n) is 14.2. The Balaban J connectivity index is 1.64. The van der Waals surface area contributed by atoms with Gasteiger partial charge in [0.25, 0.3) is 5.91 Å². The van der Waals surface area contributed by atoms with E-state index in [9.17, 15) is 9.59 Å². The number of carboxylic acid groups (broad SMARTS) is 1. The van der Waals surface area contributed by atoms with Crippen LogP contribution >= 0.6 is 0 Å². The number of carbonyl (C=O) groups excluding carboxylic acids is 1. The molecule has 0 saturated heterocycles. The quantitative estimate of drug-likeness (QED) is 0.848. The average molecular weight is 339 g/mol. The number of hydrogen-bond acceptors (Lipinski definition) is 3. The van der Waals surface area contributed by atoms with Crippen molar-refractivity contribution in [3.05, 3.63) is 64.2 Å². The van der Waals surface area contributed by atoms with Crippen LogP contribution in [0.4, 0.5) is 0 Å². The smallest absolute Gasteiger partial charge is 0.335 e.